The van der Waals surface area contributed by atoms with E-state index in [9.17, 15) is 4.79 Å². The van der Waals surface area contributed by atoms with Crippen LogP contribution in [-0.4, -0.2) is 20.1 Å². The van der Waals surface area contributed by atoms with Gasteiger partial charge in [0.25, 0.3) is 0 Å². The van der Waals surface area contributed by atoms with Gasteiger partial charge in [0.1, 0.15) is 5.76 Å². The molecule has 134 valence electrons. The minimum atomic E-state index is -0.222. The highest BCUT2D eigenvalue weighted by molar-refractivity contribution is 6.05. The molecule has 6 nitrogen and oxygen atoms in total. The third kappa shape index (κ3) is 2.26. The standard InChI is InChI=1S/C21H18N4O2/c1-10-9-22-16-6-4-5-14(18(10)16)15-7-13(19-11(2)25-27-12(19)3)8-17-20(15)24-21(26)23-17/h4-9,22H,1-3H3,(H2,23,24,26). The normalized spacial score (nSPS) is 11.7. The van der Waals surface area contributed by atoms with Crippen molar-refractivity contribution in [1.82, 2.24) is 20.1 Å². The number of aryl methyl sites for hydroxylation is 3. The summed E-state index contributed by atoms with van der Waals surface area (Å²) in [6.45, 7) is 5.90. The summed E-state index contributed by atoms with van der Waals surface area (Å²) in [6.07, 6.45) is 2.00. The lowest BCUT2D eigenvalue weighted by Gasteiger charge is -2.10. The van der Waals surface area contributed by atoms with Gasteiger partial charge in [0.05, 0.1) is 16.7 Å². The lowest BCUT2D eigenvalue weighted by Crippen LogP contribution is -1.99. The maximum atomic E-state index is 12.0. The fraction of sp³-hybridized carbons (Fsp3) is 0.143. The smallest absolute Gasteiger partial charge is 0.323 e. The molecule has 0 aliphatic carbocycles. The van der Waals surface area contributed by atoms with Gasteiger partial charge in [0.15, 0.2) is 0 Å². The minimum Gasteiger partial charge on any atom is -0.361 e. The maximum Gasteiger partial charge on any atom is 0.323 e. The second-order valence-electron chi connectivity index (χ2n) is 6.92. The summed E-state index contributed by atoms with van der Waals surface area (Å²) in [7, 11) is 0. The van der Waals surface area contributed by atoms with Gasteiger partial charge in [-0.15, -0.1) is 0 Å². The Bertz CT molecular complexity index is 1360. The number of benzene rings is 2. The van der Waals surface area contributed by atoms with Gasteiger partial charge in [0.2, 0.25) is 0 Å². The lowest BCUT2D eigenvalue weighted by atomic mass is 9.94. The highest BCUT2D eigenvalue weighted by Gasteiger charge is 2.18. The van der Waals surface area contributed by atoms with Crippen molar-refractivity contribution in [2.24, 2.45) is 0 Å². The van der Waals surface area contributed by atoms with E-state index in [-0.39, 0.29) is 5.69 Å². The van der Waals surface area contributed by atoms with Gasteiger partial charge >= 0.3 is 5.69 Å². The van der Waals surface area contributed by atoms with E-state index in [1.165, 1.54) is 0 Å². The van der Waals surface area contributed by atoms with Crippen LogP contribution < -0.4 is 5.69 Å². The van der Waals surface area contributed by atoms with Crippen molar-refractivity contribution in [3.8, 4) is 22.3 Å². The number of aromatic nitrogens is 4. The number of hydrogen-bond donors (Lipinski definition) is 3. The molecule has 0 saturated carbocycles. The number of fused-ring (bicyclic) bond motifs is 2. The van der Waals surface area contributed by atoms with E-state index in [0.717, 1.165) is 61.2 Å². The quantitative estimate of drug-likeness (QED) is 0.431. The average Bonchev–Trinajstić information content (AvgIpc) is 3.31. The fourth-order valence-corrected chi connectivity index (χ4v) is 3.97. The second-order valence-corrected chi connectivity index (χ2v) is 6.92. The van der Waals surface area contributed by atoms with Gasteiger partial charge in [-0.3, -0.25) is 0 Å². The molecule has 0 aliphatic rings. The fourth-order valence-electron chi connectivity index (χ4n) is 3.97. The molecule has 0 radical (unpaired) electrons. The molecule has 3 N–H and O–H groups in total. The van der Waals surface area contributed by atoms with Crippen LogP contribution in [0.2, 0.25) is 0 Å². The Balaban J connectivity index is 1.91. The van der Waals surface area contributed by atoms with Crippen molar-refractivity contribution in [3.63, 3.8) is 0 Å². The SMILES string of the molecule is Cc1noc(C)c1-c1cc(-c2cccc3[nH]cc(C)c23)c2[nH]c(=O)[nH]c2c1. The van der Waals surface area contributed by atoms with Crippen LogP contribution in [0.5, 0.6) is 0 Å². The van der Waals surface area contributed by atoms with E-state index < -0.39 is 0 Å². The van der Waals surface area contributed by atoms with Crippen molar-refractivity contribution in [2.75, 3.05) is 0 Å². The number of aromatic amines is 3. The molecule has 0 amide bonds. The van der Waals surface area contributed by atoms with Crippen molar-refractivity contribution in [1.29, 1.82) is 0 Å². The molecule has 2 aromatic carbocycles. The van der Waals surface area contributed by atoms with Crippen LogP contribution >= 0.6 is 0 Å². The van der Waals surface area contributed by atoms with Crippen molar-refractivity contribution in [3.05, 3.63) is 64.0 Å². The van der Waals surface area contributed by atoms with Crippen molar-refractivity contribution in [2.45, 2.75) is 20.8 Å². The van der Waals surface area contributed by atoms with Crippen LogP contribution in [-0.2, 0) is 0 Å². The molecule has 0 unspecified atom stereocenters. The Kier molecular flexibility index (Phi) is 3.18. The van der Waals surface area contributed by atoms with E-state index in [0.29, 0.717) is 0 Å². The van der Waals surface area contributed by atoms with Crippen LogP contribution in [0.3, 0.4) is 0 Å². The third-order valence-corrected chi connectivity index (χ3v) is 5.14. The number of nitrogens with zero attached hydrogens (tertiary/aromatic N) is 1. The first kappa shape index (κ1) is 15.7. The van der Waals surface area contributed by atoms with Gasteiger partial charge in [-0.2, -0.15) is 0 Å². The number of rotatable bonds is 2. The Labute approximate surface area is 154 Å². The molecule has 0 aliphatic heterocycles. The number of nitrogens with one attached hydrogen (secondary N) is 3. The van der Waals surface area contributed by atoms with E-state index in [4.69, 9.17) is 4.52 Å². The Hall–Kier alpha value is -3.54. The van der Waals surface area contributed by atoms with Crippen molar-refractivity contribution >= 4 is 21.9 Å². The number of imidazole rings is 1. The first-order valence-electron chi connectivity index (χ1n) is 8.79. The maximum absolute atomic E-state index is 12.0. The Morgan fingerprint density at radius 3 is 2.63 bits per heavy atom. The molecular weight excluding hydrogens is 340 g/mol. The highest BCUT2D eigenvalue weighted by atomic mass is 16.5. The molecule has 0 bridgehead atoms. The van der Waals surface area contributed by atoms with Gasteiger partial charge < -0.3 is 19.5 Å². The predicted molar refractivity (Wildman–Crippen MR) is 106 cm³/mol. The average molecular weight is 358 g/mol. The molecule has 0 saturated heterocycles. The summed E-state index contributed by atoms with van der Waals surface area (Å²) in [5.41, 5.74) is 8.35. The van der Waals surface area contributed by atoms with E-state index in [2.05, 4.69) is 45.2 Å². The molecule has 6 heteroatoms. The molecule has 3 aromatic heterocycles. The zero-order chi connectivity index (χ0) is 18.7. The number of H-pyrrole nitrogens is 3. The molecule has 3 heterocycles. The number of hydrogen-bond acceptors (Lipinski definition) is 3. The molecule has 0 atom stereocenters. The van der Waals surface area contributed by atoms with Crippen molar-refractivity contribution < 1.29 is 4.52 Å². The summed E-state index contributed by atoms with van der Waals surface area (Å²) < 4.78 is 5.35. The lowest BCUT2D eigenvalue weighted by molar-refractivity contribution is 0.393. The topological polar surface area (TPSA) is 90.5 Å². The molecule has 5 aromatic rings. The molecule has 0 fully saturated rings. The zero-order valence-corrected chi connectivity index (χ0v) is 15.2. The Morgan fingerprint density at radius 1 is 1.00 bits per heavy atom. The van der Waals surface area contributed by atoms with Crippen LogP contribution in [0.4, 0.5) is 0 Å². The van der Waals surface area contributed by atoms with Gasteiger partial charge in [-0.05, 0) is 55.7 Å². The first-order chi connectivity index (χ1) is 13.0. The molecule has 0 spiro atoms. The van der Waals surface area contributed by atoms with E-state index in [1.807, 2.05) is 32.2 Å². The summed E-state index contributed by atoms with van der Waals surface area (Å²) >= 11 is 0. The molecule has 5 rings (SSSR count). The highest BCUT2D eigenvalue weighted by Crippen LogP contribution is 2.38. The van der Waals surface area contributed by atoms with Gasteiger partial charge in [-0.25, -0.2) is 4.79 Å². The second kappa shape index (κ2) is 5.48. The van der Waals surface area contributed by atoms with Gasteiger partial charge in [-0.1, -0.05) is 17.3 Å². The summed E-state index contributed by atoms with van der Waals surface area (Å²) in [6, 6.07) is 10.2. The van der Waals surface area contributed by atoms with Gasteiger partial charge in [0, 0.05) is 28.2 Å². The van der Waals surface area contributed by atoms with Crippen LogP contribution in [0, 0.1) is 20.8 Å². The van der Waals surface area contributed by atoms with Crippen LogP contribution in [0.25, 0.3) is 44.2 Å². The van der Waals surface area contributed by atoms with Crippen LogP contribution in [0.15, 0.2) is 45.8 Å². The third-order valence-electron chi connectivity index (χ3n) is 5.14. The Morgan fingerprint density at radius 2 is 1.85 bits per heavy atom. The summed E-state index contributed by atoms with van der Waals surface area (Å²) in [5, 5.41) is 5.23. The summed E-state index contributed by atoms with van der Waals surface area (Å²) in [5.74, 6) is 0.756. The predicted octanol–water partition coefficient (Wildman–Crippen LogP) is 4.58. The first-order valence-corrected chi connectivity index (χ1v) is 8.79. The van der Waals surface area contributed by atoms with E-state index in [1.54, 1.807) is 0 Å². The summed E-state index contributed by atoms with van der Waals surface area (Å²) in [4.78, 5) is 21.2. The zero-order valence-electron chi connectivity index (χ0n) is 15.2. The van der Waals surface area contributed by atoms with Crippen LogP contribution in [0.1, 0.15) is 17.0 Å². The van der Waals surface area contributed by atoms with E-state index >= 15 is 0 Å². The largest absolute Gasteiger partial charge is 0.361 e. The molecule has 27 heavy (non-hydrogen) atoms. The molecular formula is C21H18N4O2. The monoisotopic (exact) mass is 358 g/mol. The minimum absolute atomic E-state index is 0.222.